The summed E-state index contributed by atoms with van der Waals surface area (Å²) >= 11 is 12.0. The normalized spacial score (nSPS) is 11.1. The van der Waals surface area contributed by atoms with Crippen molar-refractivity contribution in [3.8, 4) is 0 Å². The van der Waals surface area contributed by atoms with E-state index in [1.807, 2.05) is 0 Å². The third kappa shape index (κ3) is 5.20. The van der Waals surface area contributed by atoms with Gasteiger partial charge in [0.05, 0.1) is 17.0 Å². The Kier molecular flexibility index (Phi) is 6.28. The maximum atomic E-state index is 12.3. The first-order valence-corrected chi connectivity index (χ1v) is 10.0. The summed E-state index contributed by atoms with van der Waals surface area (Å²) in [6, 6.07) is 10.7. The summed E-state index contributed by atoms with van der Waals surface area (Å²) in [5.41, 5.74) is 0.920. The fourth-order valence-electron chi connectivity index (χ4n) is 2.20. The lowest BCUT2D eigenvalue weighted by atomic mass is 10.1. The Morgan fingerprint density at radius 3 is 2.42 bits per heavy atom. The number of hydrogen-bond acceptors (Lipinski definition) is 4. The van der Waals surface area contributed by atoms with E-state index in [1.165, 1.54) is 31.2 Å². The molecular weight excluding hydrogens is 399 g/mol. The SMILES string of the molecule is CC(=O)c1cccc(NC(=O)CN(c2cc(Cl)ccc2Cl)S(C)(=O)=O)c1. The molecule has 0 aliphatic carbocycles. The number of anilines is 2. The zero-order valence-electron chi connectivity index (χ0n) is 14.0. The minimum absolute atomic E-state index is 0.106. The molecule has 0 bridgehead atoms. The van der Waals surface area contributed by atoms with Crippen LogP contribution in [0.15, 0.2) is 42.5 Å². The third-order valence-electron chi connectivity index (χ3n) is 3.42. The standard InChI is InChI=1S/C17H16Cl2N2O4S/c1-11(22)12-4-3-5-14(8-12)20-17(23)10-21(26(2,24)25)16-9-13(18)6-7-15(16)19/h3-9H,10H2,1-2H3,(H,20,23). The molecule has 0 saturated carbocycles. The van der Waals surface area contributed by atoms with E-state index in [0.29, 0.717) is 11.3 Å². The second-order valence-electron chi connectivity index (χ2n) is 5.55. The van der Waals surface area contributed by atoms with Gasteiger partial charge in [-0.2, -0.15) is 0 Å². The van der Waals surface area contributed by atoms with Gasteiger partial charge in [0.25, 0.3) is 0 Å². The van der Waals surface area contributed by atoms with Gasteiger partial charge in [0.15, 0.2) is 5.78 Å². The van der Waals surface area contributed by atoms with Gasteiger partial charge in [0, 0.05) is 16.3 Å². The molecule has 2 aromatic carbocycles. The van der Waals surface area contributed by atoms with Crippen LogP contribution >= 0.6 is 23.2 Å². The topological polar surface area (TPSA) is 83.6 Å². The first kappa shape index (κ1) is 20.2. The Morgan fingerprint density at radius 1 is 1.12 bits per heavy atom. The second-order valence-corrected chi connectivity index (χ2v) is 8.30. The van der Waals surface area contributed by atoms with Crippen LogP contribution in [-0.4, -0.2) is 32.9 Å². The van der Waals surface area contributed by atoms with E-state index in [1.54, 1.807) is 18.2 Å². The number of amides is 1. The molecule has 9 heteroatoms. The molecular formula is C17H16Cl2N2O4S. The first-order chi connectivity index (χ1) is 12.1. The highest BCUT2D eigenvalue weighted by Crippen LogP contribution is 2.30. The molecule has 0 radical (unpaired) electrons. The van der Waals surface area contributed by atoms with Gasteiger partial charge in [-0.1, -0.05) is 35.3 Å². The molecule has 0 aromatic heterocycles. The van der Waals surface area contributed by atoms with Crippen molar-refractivity contribution in [1.29, 1.82) is 0 Å². The fraction of sp³-hybridized carbons (Fsp3) is 0.176. The average Bonchev–Trinajstić information content (AvgIpc) is 2.54. The monoisotopic (exact) mass is 414 g/mol. The zero-order chi connectivity index (χ0) is 19.5. The van der Waals surface area contributed by atoms with Crippen LogP contribution in [0.25, 0.3) is 0 Å². The van der Waals surface area contributed by atoms with Crippen molar-refractivity contribution in [2.75, 3.05) is 22.4 Å². The smallest absolute Gasteiger partial charge is 0.245 e. The number of sulfonamides is 1. The minimum Gasteiger partial charge on any atom is -0.324 e. The van der Waals surface area contributed by atoms with E-state index < -0.39 is 22.5 Å². The Morgan fingerprint density at radius 2 is 1.81 bits per heavy atom. The van der Waals surface area contributed by atoms with Crippen molar-refractivity contribution < 1.29 is 18.0 Å². The van der Waals surface area contributed by atoms with E-state index in [9.17, 15) is 18.0 Å². The Labute approximate surface area is 161 Å². The number of nitrogens with zero attached hydrogens (tertiary/aromatic N) is 1. The number of carbonyl (C=O) groups is 2. The van der Waals surface area contributed by atoms with Crippen molar-refractivity contribution in [2.24, 2.45) is 0 Å². The summed E-state index contributed by atoms with van der Waals surface area (Å²) in [6.45, 7) is 0.913. The van der Waals surface area contributed by atoms with Crippen LogP contribution < -0.4 is 9.62 Å². The molecule has 138 valence electrons. The van der Waals surface area contributed by atoms with Gasteiger partial charge in [-0.25, -0.2) is 8.42 Å². The number of hydrogen-bond donors (Lipinski definition) is 1. The zero-order valence-corrected chi connectivity index (χ0v) is 16.3. The van der Waals surface area contributed by atoms with Gasteiger partial charge in [0.2, 0.25) is 15.9 Å². The van der Waals surface area contributed by atoms with Crippen LogP contribution in [0, 0.1) is 0 Å². The van der Waals surface area contributed by atoms with Crippen LogP contribution in [0.3, 0.4) is 0 Å². The van der Waals surface area contributed by atoms with Crippen LogP contribution in [0.4, 0.5) is 11.4 Å². The number of carbonyl (C=O) groups excluding carboxylic acids is 2. The van der Waals surface area contributed by atoms with E-state index in [2.05, 4.69) is 5.32 Å². The Bertz CT molecular complexity index is 961. The lowest BCUT2D eigenvalue weighted by molar-refractivity contribution is -0.114. The summed E-state index contributed by atoms with van der Waals surface area (Å²) in [5, 5.41) is 3.00. The molecule has 0 aliphatic heterocycles. The van der Waals surface area contributed by atoms with Crippen molar-refractivity contribution in [2.45, 2.75) is 6.92 Å². The highest BCUT2D eigenvalue weighted by molar-refractivity contribution is 7.92. The van der Waals surface area contributed by atoms with E-state index in [4.69, 9.17) is 23.2 Å². The molecule has 2 rings (SSSR count). The quantitative estimate of drug-likeness (QED) is 0.731. The van der Waals surface area contributed by atoms with E-state index >= 15 is 0 Å². The molecule has 0 unspecified atom stereocenters. The minimum atomic E-state index is -3.79. The number of benzene rings is 2. The molecule has 0 saturated heterocycles. The summed E-state index contributed by atoms with van der Waals surface area (Å²) in [7, 11) is -3.79. The molecule has 0 spiro atoms. The largest absolute Gasteiger partial charge is 0.324 e. The number of nitrogens with one attached hydrogen (secondary N) is 1. The molecule has 1 amide bonds. The third-order valence-corrected chi connectivity index (χ3v) is 5.10. The Balaban J connectivity index is 2.27. The summed E-state index contributed by atoms with van der Waals surface area (Å²) in [4.78, 5) is 23.8. The maximum absolute atomic E-state index is 12.3. The first-order valence-electron chi connectivity index (χ1n) is 7.41. The summed E-state index contributed by atoms with van der Waals surface area (Å²) in [5.74, 6) is -0.739. The van der Waals surface area contributed by atoms with Crippen LogP contribution in [0.5, 0.6) is 0 Å². The second kappa shape index (κ2) is 8.07. The van der Waals surface area contributed by atoms with Gasteiger partial charge in [-0.15, -0.1) is 0 Å². The molecule has 0 heterocycles. The predicted octanol–water partition coefficient (Wildman–Crippen LogP) is 3.60. The van der Waals surface area contributed by atoms with Crippen molar-refractivity contribution >= 4 is 56.3 Å². The van der Waals surface area contributed by atoms with Gasteiger partial charge >= 0.3 is 0 Å². The van der Waals surface area contributed by atoms with Gasteiger partial charge in [0.1, 0.15) is 6.54 Å². The number of Topliss-reactive ketones (excluding diaryl/α,β-unsaturated/α-hetero) is 1. The van der Waals surface area contributed by atoms with E-state index in [-0.39, 0.29) is 21.5 Å². The number of rotatable bonds is 6. The van der Waals surface area contributed by atoms with Crippen LogP contribution in [-0.2, 0) is 14.8 Å². The lowest BCUT2D eigenvalue weighted by Crippen LogP contribution is -2.37. The van der Waals surface area contributed by atoms with Crippen molar-refractivity contribution in [3.63, 3.8) is 0 Å². The lowest BCUT2D eigenvalue weighted by Gasteiger charge is -2.23. The van der Waals surface area contributed by atoms with Crippen molar-refractivity contribution in [1.82, 2.24) is 0 Å². The highest BCUT2D eigenvalue weighted by atomic mass is 35.5. The fourth-order valence-corrected chi connectivity index (χ4v) is 3.50. The highest BCUT2D eigenvalue weighted by Gasteiger charge is 2.23. The molecule has 0 aliphatic rings. The van der Waals surface area contributed by atoms with Gasteiger partial charge in [-0.3, -0.25) is 13.9 Å². The van der Waals surface area contributed by atoms with Crippen LogP contribution in [0.1, 0.15) is 17.3 Å². The number of halogens is 2. The van der Waals surface area contributed by atoms with E-state index in [0.717, 1.165) is 10.6 Å². The van der Waals surface area contributed by atoms with Crippen molar-refractivity contribution in [3.05, 3.63) is 58.1 Å². The molecule has 2 aromatic rings. The molecule has 0 fully saturated rings. The predicted molar refractivity (Wildman–Crippen MR) is 104 cm³/mol. The molecule has 0 atom stereocenters. The molecule has 26 heavy (non-hydrogen) atoms. The van der Waals surface area contributed by atoms with Gasteiger partial charge in [-0.05, 0) is 37.3 Å². The van der Waals surface area contributed by atoms with Crippen LogP contribution in [0.2, 0.25) is 10.0 Å². The summed E-state index contributed by atoms with van der Waals surface area (Å²) in [6.07, 6.45) is 0.966. The van der Waals surface area contributed by atoms with Gasteiger partial charge < -0.3 is 5.32 Å². The Hall–Kier alpha value is -2.09. The molecule has 1 N–H and O–H groups in total. The maximum Gasteiger partial charge on any atom is 0.245 e. The summed E-state index contributed by atoms with van der Waals surface area (Å²) < 4.78 is 25.1. The average molecular weight is 415 g/mol. The number of ketones is 1. The molecule has 6 nitrogen and oxygen atoms in total.